The smallest absolute Gasteiger partial charge is 0.225 e. The van der Waals surface area contributed by atoms with Crippen LogP contribution in [0, 0.1) is 13.8 Å². The van der Waals surface area contributed by atoms with Gasteiger partial charge in [0.1, 0.15) is 5.82 Å². The highest BCUT2D eigenvalue weighted by atomic mass is 15.1. The number of rotatable bonds is 6. The fourth-order valence-corrected chi connectivity index (χ4v) is 3.23. The number of aryl methyl sites for hydroxylation is 2. The highest BCUT2D eigenvalue weighted by molar-refractivity contribution is 5.67. The molecule has 2 aromatic carbocycles. The van der Waals surface area contributed by atoms with E-state index >= 15 is 0 Å². The number of nitrogens with zero attached hydrogens (tertiary/aromatic N) is 3. The number of hydrogen-bond donors (Lipinski definition) is 2. The van der Waals surface area contributed by atoms with Crippen molar-refractivity contribution in [2.75, 3.05) is 10.6 Å². The highest BCUT2D eigenvalue weighted by Crippen LogP contribution is 2.24. The van der Waals surface area contributed by atoms with Crippen LogP contribution < -0.4 is 10.6 Å². The molecule has 4 rings (SSSR count). The van der Waals surface area contributed by atoms with Crippen molar-refractivity contribution in [1.82, 2.24) is 15.0 Å². The lowest BCUT2D eigenvalue weighted by atomic mass is 10.1. The molecule has 0 aliphatic carbocycles. The Morgan fingerprint density at radius 3 is 2.34 bits per heavy atom. The molecule has 0 saturated carbocycles. The lowest BCUT2D eigenvalue weighted by Crippen LogP contribution is -2.06. The third kappa shape index (κ3) is 4.96. The third-order valence-corrected chi connectivity index (χ3v) is 4.46. The number of pyridine rings is 1. The summed E-state index contributed by atoms with van der Waals surface area (Å²) in [5.74, 6) is 1.32. The van der Waals surface area contributed by atoms with Crippen LogP contribution in [0.15, 0.2) is 79.1 Å². The zero-order chi connectivity index (χ0) is 20.1. The van der Waals surface area contributed by atoms with E-state index in [-0.39, 0.29) is 0 Å². The summed E-state index contributed by atoms with van der Waals surface area (Å²) in [7, 11) is 0. The molecule has 0 atom stereocenters. The summed E-state index contributed by atoms with van der Waals surface area (Å²) in [6.07, 6.45) is 3.60. The van der Waals surface area contributed by atoms with Gasteiger partial charge in [-0.2, -0.15) is 4.98 Å². The Hall–Kier alpha value is -3.73. The summed E-state index contributed by atoms with van der Waals surface area (Å²) in [5.41, 5.74) is 6.41. The minimum absolute atomic E-state index is 0.571. The summed E-state index contributed by atoms with van der Waals surface area (Å²) >= 11 is 0. The molecule has 5 nitrogen and oxygen atoms in total. The average Bonchev–Trinajstić information content (AvgIpc) is 2.73. The zero-order valence-corrected chi connectivity index (χ0v) is 16.6. The first-order valence-electron chi connectivity index (χ1n) is 9.58. The molecule has 0 unspecified atom stereocenters. The molecule has 0 bridgehead atoms. The molecule has 2 N–H and O–H groups in total. The molecular weight excluding hydrogens is 358 g/mol. The summed E-state index contributed by atoms with van der Waals surface area (Å²) in [6.45, 7) is 4.79. The van der Waals surface area contributed by atoms with Crippen LogP contribution in [0.2, 0.25) is 0 Å². The molecule has 0 saturated heterocycles. The van der Waals surface area contributed by atoms with Crippen molar-refractivity contribution in [3.63, 3.8) is 0 Å². The topological polar surface area (TPSA) is 62.7 Å². The second-order valence-electron chi connectivity index (χ2n) is 7.04. The highest BCUT2D eigenvalue weighted by Gasteiger charge is 2.08. The van der Waals surface area contributed by atoms with Crippen LogP contribution in [-0.4, -0.2) is 15.0 Å². The predicted octanol–water partition coefficient (Wildman–Crippen LogP) is 5.51. The van der Waals surface area contributed by atoms with Gasteiger partial charge in [0.05, 0.1) is 5.69 Å². The average molecular weight is 381 g/mol. The van der Waals surface area contributed by atoms with Gasteiger partial charge in [-0.15, -0.1) is 0 Å². The second-order valence-corrected chi connectivity index (χ2v) is 7.04. The quantitative estimate of drug-likeness (QED) is 0.461. The molecule has 144 valence electrons. The first-order valence-corrected chi connectivity index (χ1v) is 9.58. The zero-order valence-electron chi connectivity index (χ0n) is 16.6. The maximum absolute atomic E-state index is 4.71. The van der Waals surface area contributed by atoms with Crippen molar-refractivity contribution < 1.29 is 0 Å². The van der Waals surface area contributed by atoms with Crippen LogP contribution in [0.4, 0.5) is 17.5 Å². The molecule has 0 aliphatic heterocycles. The first kappa shape index (κ1) is 18.6. The SMILES string of the molecule is Cc1cc(C)cc(Nc2cc(-c3ccccc3)nc(NCc3cccnc3)n2)c1. The van der Waals surface area contributed by atoms with E-state index in [4.69, 9.17) is 4.98 Å². The van der Waals surface area contributed by atoms with E-state index in [0.29, 0.717) is 12.5 Å². The van der Waals surface area contributed by atoms with E-state index in [1.54, 1.807) is 6.20 Å². The molecule has 0 aliphatic rings. The molecule has 0 fully saturated rings. The van der Waals surface area contributed by atoms with Crippen molar-refractivity contribution in [2.24, 2.45) is 0 Å². The fraction of sp³-hybridized carbons (Fsp3) is 0.125. The summed E-state index contributed by atoms with van der Waals surface area (Å²) < 4.78 is 0. The Morgan fingerprint density at radius 2 is 1.62 bits per heavy atom. The molecule has 5 heteroatoms. The van der Waals surface area contributed by atoms with Crippen molar-refractivity contribution in [3.8, 4) is 11.3 Å². The predicted molar refractivity (Wildman–Crippen MR) is 118 cm³/mol. The first-order chi connectivity index (χ1) is 14.2. The molecule has 4 aromatic rings. The molecule has 2 aromatic heterocycles. The Morgan fingerprint density at radius 1 is 0.828 bits per heavy atom. The van der Waals surface area contributed by atoms with E-state index < -0.39 is 0 Å². The van der Waals surface area contributed by atoms with E-state index in [9.17, 15) is 0 Å². The number of benzene rings is 2. The van der Waals surface area contributed by atoms with Crippen molar-refractivity contribution >= 4 is 17.5 Å². The van der Waals surface area contributed by atoms with Gasteiger partial charge < -0.3 is 10.6 Å². The minimum atomic E-state index is 0.571. The molecule has 0 radical (unpaired) electrons. The fourth-order valence-electron chi connectivity index (χ4n) is 3.23. The van der Waals surface area contributed by atoms with Gasteiger partial charge in [-0.25, -0.2) is 4.98 Å². The number of anilines is 3. The number of aromatic nitrogens is 3. The molecular formula is C24H23N5. The Bertz CT molecular complexity index is 1070. The normalized spacial score (nSPS) is 10.6. The minimum Gasteiger partial charge on any atom is -0.350 e. The number of hydrogen-bond acceptors (Lipinski definition) is 5. The molecule has 2 heterocycles. The van der Waals surface area contributed by atoms with Crippen LogP contribution in [0.25, 0.3) is 11.3 Å². The summed E-state index contributed by atoms with van der Waals surface area (Å²) in [5, 5.41) is 6.75. The van der Waals surface area contributed by atoms with Crippen LogP contribution in [0.1, 0.15) is 16.7 Å². The van der Waals surface area contributed by atoms with Gasteiger partial charge in [0.2, 0.25) is 5.95 Å². The van der Waals surface area contributed by atoms with Crippen LogP contribution in [0.3, 0.4) is 0 Å². The van der Waals surface area contributed by atoms with Crippen LogP contribution in [0.5, 0.6) is 0 Å². The van der Waals surface area contributed by atoms with Gasteiger partial charge in [-0.3, -0.25) is 4.98 Å². The summed E-state index contributed by atoms with van der Waals surface area (Å²) in [4.78, 5) is 13.5. The largest absolute Gasteiger partial charge is 0.350 e. The van der Waals surface area contributed by atoms with Gasteiger partial charge in [0.15, 0.2) is 0 Å². The maximum atomic E-state index is 4.71. The lowest BCUT2D eigenvalue weighted by Gasteiger charge is -2.12. The maximum Gasteiger partial charge on any atom is 0.225 e. The monoisotopic (exact) mass is 381 g/mol. The molecule has 29 heavy (non-hydrogen) atoms. The van der Waals surface area contributed by atoms with Crippen LogP contribution in [-0.2, 0) is 6.54 Å². The third-order valence-electron chi connectivity index (χ3n) is 4.46. The lowest BCUT2D eigenvalue weighted by molar-refractivity contribution is 1.04. The Balaban J connectivity index is 1.65. The summed E-state index contributed by atoms with van der Waals surface area (Å²) in [6, 6.07) is 22.4. The van der Waals surface area contributed by atoms with E-state index in [1.807, 2.05) is 54.7 Å². The molecule has 0 amide bonds. The van der Waals surface area contributed by atoms with E-state index in [1.165, 1.54) is 11.1 Å². The van der Waals surface area contributed by atoms with Crippen LogP contribution >= 0.6 is 0 Å². The van der Waals surface area contributed by atoms with Gasteiger partial charge in [-0.05, 0) is 48.7 Å². The van der Waals surface area contributed by atoms with E-state index in [2.05, 4.69) is 52.6 Å². The van der Waals surface area contributed by atoms with Gasteiger partial charge in [0.25, 0.3) is 0 Å². The standard InChI is InChI=1S/C24H23N5/c1-17-11-18(2)13-21(12-17)27-23-14-22(20-8-4-3-5-9-20)28-24(29-23)26-16-19-7-6-10-25-15-19/h3-15H,16H2,1-2H3,(H2,26,27,28,29). The molecule has 0 spiro atoms. The second kappa shape index (κ2) is 8.52. The van der Waals surface area contributed by atoms with E-state index in [0.717, 1.165) is 28.3 Å². The van der Waals surface area contributed by atoms with Crippen molar-refractivity contribution in [3.05, 3.63) is 95.8 Å². The van der Waals surface area contributed by atoms with Gasteiger partial charge >= 0.3 is 0 Å². The number of nitrogens with one attached hydrogen (secondary N) is 2. The van der Waals surface area contributed by atoms with Gasteiger partial charge in [-0.1, -0.05) is 42.5 Å². The van der Waals surface area contributed by atoms with Crippen molar-refractivity contribution in [2.45, 2.75) is 20.4 Å². The van der Waals surface area contributed by atoms with Gasteiger partial charge in [0, 0.05) is 36.3 Å². The Labute approximate surface area is 170 Å². The Kier molecular flexibility index (Phi) is 5.47. The van der Waals surface area contributed by atoms with Crippen molar-refractivity contribution in [1.29, 1.82) is 0 Å².